The van der Waals surface area contributed by atoms with E-state index < -0.39 is 27.8 Å². The number of thiophene rings is 1. The van der Waals surface area contributed by atoms with E-state index in [2.05, 4.69) is 4.74 Å². The summed E-state index contributed by atoms with van der Waals surface area (Å²) in [5.41, 5.74) is 1.05. The monoisotopic (exact) mass is 389 g/mol. The zero-order chi connectivity index (χ0) is 19.0. The molecule has 0 saturated heterocycles. The molecule has 0 aromatic carbocycles. The Morgan fingerprint density at radius 1 is 1.32 bits per heavy atom. The molecule has 1 aromatic rings. The minimum Gasteiger partial charge on any atom is -0.459 e. The SMILES string of the molecule is CCOC(=O)NS(=O)(=O)CC=Cc1c(C(=O)OC(C)C)csc1CC. The maximum Gasteiger partial charge on any atom is 0.420 e. The molecule has 1 N–H and O–H groups in total. The van der Waals surface area contributed by atoms with Crippen LogP contribution in [0.25, 0.3) is 6.08 Å². The van der Waals surface area contributed by atoms with Crippen molar-refractivity contribution in [3.05, 3.63) is 27.5 Å². The van der Waals surface area contributed by atoms with Crippen molar-refractivity contribution in [1.29, 1.82) is 0 Å². The smallest absolute Gasteiger partial charge is 0.420 e. The molecule has 0 saturated carbocycles. The number of nitrogens with one attached hydrogen (secondary N) is 1. The van der Waals surface area contributed by atoms with Crippen LogP contribution in [0.3, 0.4) is 0 Å². The van der Waals surface area contributed by atoms with Crippen LogP contribution >= 0.6 is 11.3 Å². The van der Waals surface area contributed by atoms with Crippen molar-refractivity contribution in [2.75, 3.05) is 12.4 Å². The van der Waals surface area contributed by atoms with Gasteiger partial charge in [-0.05, 0) is 27.2 Å². The quantitative estimate of drug-likeness (QED) is 0.686. The Morgan fingerprint density at radius 2 is 2.00 bits per heavy atom. The topological polar surface area (TPSA) is 98.8 Å². The van der Waals surface area contributed by atoms with Crippen molar-refractivity contribution in [3.8, 4) is 0 Å². The van der Waals surface area contributed by atoms with E-state index in [-0.39, 0.29) is 12.7 Å². The van der Waals surface area contributed by atoms with Crippen LogP contribution in [0, 0.1) is 0 Å². The van der Waals surface area contributed by atoms with Crippen LogP contribution in [-0.2, 0) is 25.9 Å². The number of ether oxygens (including phenoxy) is 2. The first-order chi connectivity index (χ1) is 11.7. The van der Waals surface area contributed by atoms with Gasteiger partial charge >= 0.3 is 12.1 Å². The largest absolute Gasteiger partial charge is 0.459 e. The van der Waals surface area contributed by atoms with E-state index in [1.54, 1.807) is 36.9 Å². The second-order valence-corrected chi connectivity index (χ2v) is 8.03. The molecule has 0 radical (unpaired) electrons. The highest BCUT2D eigenvalue weighted by Gasteiger charge is 2.18. The van der Waals surface area contributed by atoms with Crippen molar-refractivity contribution >= 4 is 39.5 Å². The van der Waals surface area contributed by atoms with Gasteiger partial charge < -0.3 is 9.47 Å². The number of amides is 1. The molecule has 0 aliphatic heterocycles. The Kier molecular flexibility index (Phi) is 8.11. The summed E-state index contributed by atoms with van der Waals surface area (Å²) in [5.74, 6) is -0.859. The Morgan fingerprint density at radius 3 is 2.56 bits per heavy atom. The molecule has 25 heavy (non-hydrogen) atoms. The normalized spacial score (nSPS) is 11.7. The maximum absolute atomic E-state index is 12.1. The Labute approximate surface area is 152 Å². The van der Waals surface area contributed by atoms with Gasteiger partial charge in [0.25, 0.3) is 0 Å². The molecular formula is C16H23NO6S2. The summed E-state index contributed by atoms with van der Waals surface area (Å²) in [4.78, 5) is 24.3. The first-order valence-corrected chi connectivity index (χ1v) is 10.4. The molecular weight excluding hydrogens is 366 g/mol. The van der Waals surface area contributed by atoms with E-state index in [4.69, 9.17) is 4.74 Å². The number of hydrogen-bond donors (Lipinski definition) is 1. The number of esters is 1. The minimum atomic E-state index is -3.85. The molecule has 7 nitrogen and oxygen atoms in total. The molecule has 140 valence electrons. The number of carbonyl (C=O) groups is 2. The molecule has 0 fully saturated rings. The summed E-state index contributed by atoms with van der Waals surface area (Å²) < 4.78 is 35.2. The summed E-state index contributed by atoms with van der Waals surface area (Å²) in [5, 5.41) is 1.70. The number of hydrogen-bond acceptors (Lipinski definition) is 7. The van der Waals surface area contributed by atoms with E-state index in [1.807, 2.05) is 6.92 Å². The predicted octanol–water partition coefficient (Wildman–Crippen LogP) is 2.96. The zero-order valence-corrected chi connectivity index (χ0v) is 16.3. The van der Waals surface area contributed by atoms with Gasteiger partial charge in [0.15, 0.2) is 0 Å². The zero-order valence-electron chi connectivity index (χ0n) is 14.7. The van der Waals surface area contributed by atoms with Crippen molar-refractivity contribution in [1.82, 2.24) is 4.72 Å². The lowest BCUT2D eigenvalue weighted by Crippen LogP contribution is -2.32. The van der Waals surface area contributed by atoms with Gasteiger partial charge in [0.1, 0.15) is 0 Å². The lowest BCUT2D eigenvalue weighted by atomic mass is 10.1. The lowest BCUT2D eigenvalue weighted by molar-refractivity contribution is 0.0378. The molecule has 9 heteroatoms. The predicted molar refractivity (Wildman–Crippen MR) is 97.2 cm³/mol. The average Bonchev–Trinajstić information content (AvgIpc) is 2.89. The fourth-order valence-electron chi connectivity index (χ4n) is 1.92. The van der Waals surface area contributed by atoms with E-state index in [1.165, 1.54) is 17.4 Å². The van der Waals surface area contributed by atoms with Gasteiger partial charge in [0, 0.05) is 15.8 Å². The Hall–Kier alpha value is -1.87. The van der Waals surface area contributed by atoms with Gasteiger partial charge in [-0.15, -0.1) is 11.3 Å². The molecule has 0 aliphatic rings. The molecule has 0 unspecified atom stereocenters. The third kappa shape index (κ3) is 6.87. The highest BCUT2D eigenvalue weighted by molar-refractivity contribution is 7.90. The minimum absolute atomic E-state index is 0.0767. The Bertz CT molecular complexity index is 734. The summed E-state index contributed by atoms with van der Waals surface area (Å²) >= 11 is 1.42. The Balaban J connectivity index is 2.91. The van der Waals surface area contributed by atoms with Gasteiger partial charge in [-0.2, -0.15) is 0 Å². The molecule has 1 aromatic heterocycles. The number of aryl methyl sites for hydroxylation is 1. The summed E-state index contributed by atoms with van der Waals surface area (Å²) in [6.07, 6.45) is 2.39. The van der Waals surface area contributed by atoms with E-state index >= 15 is 0 Å². The van der Waals surface area contributed by atoms with Crippen LogP contribution in [0.4, 0.5) is 4.79 Å². The fraction of sp³-hybridized carbons (Fsp3) is 0.500. The van der Waals surface area contributed by atoms with Crippen LogP contribution in [0.15, 0.2) is 11.5 Å². The van der Waals surface area contributed by atoms with Crippen LogP contribution in [0.1, 0.15) is 48.5 Å². The second-order valence-electron chi connectivity index (χ2n) is 5.30. The van der Waals surface area contributed by atoms with Crippen LogP contribution in [0.2, 0.25) is 0 Å². The van der Waals surface area contributed by atoms with E-state index in [9.17, 15) is 18.0 Å². The van der Waals surface area contributed by atoms with Crippen LogP contribution in [-0.4, -0.2) is 38.9 Å². The van der Waals surface area contributed by atoms with Crippen molar-refractivity contribution in [3.63, 3.8) is 0 Å². The first kappa shape index (κ1) is 21.2. The van der Waals surface area contributed by atoms with Crippen molar-refractivity contribution < 1.29 is 27.5 Å². The summed E-state index contributed by atoms with van der Waals surface area (Å²) in [6.45, 7) is 7.11. The molecule has 0 spiro atoms. The second kappa shape index (κ2) is 9.57. The maximum atomic E-state index is 12.1. The summed E-state index contributed by atoms with van der Waals surface area (Å²) in [6, 6.07) is 0. The third-order valence-electron chi connectivity index (χ3n) is 2.91. The summed E-state index contributed by atoms with van der Waals surface area (Å²) in [7, 11) is -3.85. The highest BCUT2D eigenvalue weighted by Crippen LogP contribution is 2.26. The third-order valence-corrected chi connectivity index (χ3v) is 5.16. The first-order valence-electron chi connectivity index (χ1n) is 7.85. The fourth-order valence-corrected chi connectivity index (χ4v) is 3.62. The molecule has 1 heterocycles. The lowest BCUT2D eigenvalue weighted by Gasteiger charge is -2.08. The average molecular weight is 389 g/mol. The van der Waals surface area contributed by atoms with Gasteiger partial charge in [-0.1, -0.05) is 19.1 Å². The van der Waals surface area contributed by atoms with E-state index in [0.29, 0.717) is 17.5 Å². The van der Waals surface area contributed by atoms with Gasteiger partial charge in [-0.3, -0.25) is 0 Å². The molecule has 0 atom stereocenters. The van der Waals surface area contributed by atoms with Crippen molar-refractivity contribution in [2.24, 2.45) is 0 Å². The molecule has 1 rings (SSSR count). The van der Waals surface area contributed by atoms with Gasteiger partial charge in [-0.25, -0.2) is 22.7 Å². The number of carbonyl (C=O) groups excluding carboxylic acids is 2. The standard InChI is InChI=1S/C16H23NO6S2/c1-5-14-12(13(10-24-14)15(18)23-11(3)4)8-7-9-25(20,21)17-16(19)22-6-2/h7-8,10-11H,5-6,9H2,1-4H3,(H,17,19). The van der Waals surface area contributed by atoms with Gasteiger partial charge in [0.05, 0.1) is 24.0 Å². The van der Waals surface area contributed by atoms with Crippen molar-refractivity contribution in [2.45, 2.75) is 40.2 Å². The highest BCUT2D eigenvalue weighted by atomic mass is 32.2. The number of rotatable bonds is 8. The van der Waals surface area contributed by atoms with E-state index in [0.717, 1.165) is 4.88 Å². The number of sulfonamides is 1. The molecule has 1 amide bonds. The molecule has 0 aliphatic carbocycles. The van der Waals surface area contributed by atoms with Crippen LogP contribution in [0.5, 0.6) is 0 Å². The van der Waals surface area contributed by atoms with Gasteiger partial charge in [0.2, 0.25) is 10.0 Å². The molecule has 0 bridgehead atoms. The van der Waals surface area contributed by atoms with Crippen LogP contribution < -0.4 is 4.72 Å².